The molecule has 0 aromatic heterocycles. The third kappa shape index (κ3) is 2.70. The predicted molar refractivity (Wildman–Crippen MR) is 67.8 cm³/mol. The Kier molecular flexibility index (Phi) is 3.46. The number of aromatic carboxylic acids is 1. The minimum Gasteiger partial charge on any atom is -0.478 e. The smallest absolute Gasteiger partial charge is 0.338 e. The normalized spacial score (nSPS) is 10.3. The molecule has 3 nitrogen and oxygen atoms in total. The molecule has 0 bridgehead atoms. The van der Waals surface area contributed by atoms with Crippen molar-refractivity contribution in [3.8, 4) is 0 Å². The molecule has 0 saturated heterocycles. The summed E-state index contributed by atoms with van der Waals surface area (Å²) < 4.78 is 27.0. The average molecular weight is 263 g/mol. The summed E-state index contributed by atoms with van der Waals surface area (Å²) in [6.07, 6.45) is 0. The summed E-state index contributed by atoms with van der Waals surface area (Å²) >= 11 is 0. The van der Waals surface area contributed by atoms with Gasteiger partial charge in [-0.1, -0.05) is 12.1 Å². The molecule has 0 aliphatic heterocycles. The van der Waals surface area contributed by atoms with Crippen molar-refractivity contribution in [3.63, 3.8) is 0 Å². The van der Waals surface area contributed by atoms with Gasteiger partial charge in [-0.25, -0.2) is 13.6 Å². The van der Waals surface area contributed by atoms with Crippen LogP contribution < -0.4 is 5.32 Å². The number of hydrogen-bond donors (Lipinski definition) is 2. The molecule has 0 saturated carbocycles. The Bertz CT molecular complexity index is 641. The zero-order chi connectivity index (χ0) is 14.0. The van der Waals surface area contributed by atoms with Gasteiger partial charge in [0.2, 0.25) is 0 Å². The van der Waals surface area contributed by atoms with Crippen LogP contribution in [0.2, 0.25) is 0 Å². The van der Waals surface area contributed by atoms with Gasteiger partial charge < -0.3 is 10.4 Å². The maximum atomic E-state index is 13.9. The number of carboxylic acid groups (broad SMARTS) is 1. The molecular weight excluding hydrogens is 252 g/mol. The quantitative estimate of drug-likeness (QED) is 0.887. The van der Waals surface area contributed by atoms with E-state index in [9.17, 15) is 13.6 Å². The Morgan fingerprint density at radius 3 is 2.58 bits per heavy atom. The van der Waals surface area contributed by atoms with E-state index in [4.69, 9.17) is 5.11 Å². The van der Waals surface area contributed by atoms with Crippen LogP contribution in [0, 0.1) is 18.6 Å². The largest absolute Gasteiger partial charge is 0.478 e. The van der Waals surface area contributed by atoms with Crippen molar-refractivity contribution in [3.05, 3.63) is 59.2 Å². The van der Waals surface area contributed by atoms with Gasteiger partial charge in [-0.15, -0.1) is 0 Å². The molecule has 0 fully saturated rings. The van der Waals surface area contributed by atoms with Crippen molar-refractivity contribution in [2.45, 2.75) is 6.92 Å². The SMILES string of the molecule is Cc1ccc(F)cc1Nc1cccc(C(=O)O)c1F. The lowest BCUT2D eigenvalue weighted by Gasteiger charge is -2.11. The van der Waals surface area contributed by atoms with Crippen molar-refractivity contribution in [1.82, 2.24) is 0 Å². The van der Waals surface area contributed by atoms with Gasteiger partial charge >= 0.3 is 5.97 Å². The first-order chi connectivity index (χ1) is 8.99. The Balaban J connectivity index is 2.41. The molecule has 0 amide bonds. The fourth-order valence-corrected chi connectivity index (χ4v) is 1.67. The minimum absolute atomic E-state index is 0.00593. The van der Waals surface area contributed by atoms with Gasteiger partial charge in [-0.05, 0) is 36.8 Å². The predicted octanol–water partition coefficient (Wildman–Crippen LogP) is 3.72. The van der Waals surface area contributed by atoms with Crippen LogP contribution in [0.5, 0.6) is 0 Å². The molecular formula is C14H11F2NO2. The summed E-state index contributed by atoms with van der Waals surface area (Å²) in [5.41, 5.74) is 0.677. The summed E-state index contributed by atoms with van der Waals surface area (Å²) in [6, 6.07) is 8.06. The number of carboxylic acids is 1. The number of aryl methyl sites for hydroxylation is 1. The number of rotatable bonds is 3. The van der Waals surface area contributed by atoms with E-state index in [1.807, 2.05) is 0 Å². The molecule has 2 aromatic rings. The molecule has 0 heterocycles. The van der Waals surface area contributed by atoms with Crippen molar-refractivity contribution in [2.75, 3.05) is 5.32 Å². The summed E-state index contributed by atoms with van der Waals surface area (Å²) in [7, 11) is 0. The van der Waals surface area contributed by atoms with Crippen LogP contribution in [0.15, 0.2) is 36.4 Å². The second-order valence-electron chi connectivity index (χ2n) is 4.06. The van der Waals surface area contributed by atoms with Crippen LogP contribution in [0.3, 0.4) is 0 Å². The minimum atomic E-state index is -1.35. The van der Waals surface area contributed by atoms with E-state index in [0.29, 0.717) is 5.69 Å². The van der Waals surface area contributed by atoms with Gasteiger partial charge in [-0.3, -0.25) is 0 Å². The Morgan fingerprint density at radius 2 is 1.89 bits per heavy atom. The molecule has 19 heavy (non-hydrogen) atoms. The third-order valence-corrected chi connectivity index (χ3v) is 2.70. The van der Waals surface area contributed by atoms with Crippen molar-refractivity contribution < 1.29 is 18.7 Å². The lowest BCUT2D eigenvalue weighted by atomic mass is 10.1. The number of nitrogens with one attached hydrogen (secondary N) is 1. The zero-order valence-corrected chi connectivity index (χ0v) is 10.1. The molecule has 0 spiro atoms. The lowest BCUT2D eigenvalue weighted by molar-refractivity contribution is 0.0692. The van der Waals surface area contributed by atoms with Gasteiger partial charge in [-0.2, -0.15) is 0 Å². The molecule has 0 unspecified atom stereocenters. The fraction of sp³-hybridized carbons (Fsp3) is 0.0714. The topological polar surface area (TPSA) is 49.3 Å². The Morgan fingerprint density at radius 1 is 1.16 bits per heavy atom. The van der Waals surface area contributed by atoms with E-state index in [1.165, 1.54) is 30.3 Å². The monoisotopic (exact) mass is 263 g/mol. The Hall–Kier alpha value is -2.43. The van der Waals surface area contributed by atoms with E-state index in [1.54, 1.807) is 13.0 Å². The fourth-order valence-electron chi connectivity index (χ4n) is 1.67. The summed E-state index contributed by atoms with van der Waals surface area (Å²) in [4.78, 5) is 10.8. The second kappa shape index (κ2) is 5.06. The van der Waals surface area contributed by atoms with E-state index in [2.05, 4.69) is 5.32 Å². The third-order valence-electron chi connectivity index (χ3n) is 2.70. The number of carbonyl (C=O) groups is 1. The van der Waals surface area contributed by atoms with Crippen molar-refractivity contribution in [1.29, 1.82) is 0 Å². The van der Waals surface area contributed by atoms with E-state index >= 15 is 0 Å². The van der Waals surface area contributed by atoms with Gasteiger partial charge in [0.1, 0.15) is 5.82 Å². The molecule has 2 N–H and O–H groups in total. The zero-order valence-electron chi connectivity index (χ0n) is 10.1. The first-order valence-corrected chi connectivity index (χ1v) is 5.54. The molecule has 2 aromatic carbocycles. The van der Waals surface area contributed by atoms with Crippen LogP contribution in [-0.4, -0.2) is 11.1 Å². The first kappa shape index (κ1) is 13.0. The Labute approximate surface area is 108 Å². The number of anilines is 2. The highest BCUT2D eigenvalue weighted by atomic mass is 19.1. The van der Waals surface area contributed by atoms with Crippen LogP contribution in [0.4, 0.5) is 20.2 Å². The van der Waals surface area contributed by atoms with Crippen LogP contribution >= 0.6 is 0 Å². The standard InChI is InChI=1S/C14H11F2NO2/c1-8-5-6-9(15)7-12(8)17-11-4-2-3-10(13(11)16)14(18)19/h2-7,17H,1H3,(H,18,19). The van der Waals surface area contributed by atoms with E-state index < -0.39 is 23.2 Å². The maximum absolute atomic E-state index is 13.9. The molecule has 5 heteroatoms. The van der Waals surface area contributed by atoms with Crippen molar-refractivity contribution >= 4 is 17.3 Å². The second-order valence-corrected chi connectivity index (χ2v) is 4.06. The molecule has 98 valence electrons. The average Bonchev–Trinajstić information content (AvgIpc) is 2.36. The molecule has 0 radical (unpaired) electrons. The lowest BCUT2D eigenvalue weighted by Crippen LogP contribution is -2.04. The van der Waals surface area contributed by atoms with Crippen molar-refractivity contribution in [2.24, 2.45) is 0 Å². The molecule has 0 aliphatic carbocycles. The van der Waals surface area contributed by atoms with Gasteiger partial charge in [0.15, 0.2) is 5.82 Å². The number of hydrogen-bond acceptors (Lipinski definition) is 2. The maximum Gasteiger partial charge on any atom is 0.338 e. The first-order valence-electron chi connectivity index (χ1n) is 5.54. The summed E-state index contributed by atoms with van der Waals surface area (Å²) in [5, 5.41) is 11.5. The summed E-state index contributed by atoms with van der Waals surface area (Å²) in [5.74, 6) is -2.68. The van der Waals surface area contributed by atoms with Gasteiger partial charge in [0.25, 0.3) is 0 Å². The van der Waals surface area contributed by atoms with E-state index in [-0.39, 0.29) is 5.69 Å². The number of benzene rings is 2. The highest BCUT2D eigenvalue weighted by Gasteiger charge is 2.14. The number of halogens is 2. The highest BCUT2D eigenvalue weighted by molar-refractivity contribution is 5.89. The molecule has 0 atom stereocenters. The van der Waals surface area contributed by atoms with Gasteiger partial charge in [0, 0.05) is 5.69 Å². The molecule has 0 aliphatic rings. The van der Waals surface area contributed by atoms with Crippen LogP contribution in [0.1, 0.15) is 15.9 Å². The summed E-state index contributed by atoms with van der Waals surface area (Å²) in [6.45, 7) is 1.74. The van der Waals surface area contributed by atoms with Gasteiger partial charge in [0.05, 0.1) is 11.3 Å². The van der Waals surface area contributed by atoms with E-state index in [0.717, 1.165) is 5.56 Å². The highest BCUT2D eigenvalue weighted by Crippen LogP contribution is 2.25. The molecule has 2 rings (SSSR count). The van der Waals surface area contributed by atoms with Crippen LogP contribution in [0.25, 0.3) is 0 Å². The van der Waals surface area contributed by atoms with Crippen LogP contribution in [-0.2, 0) is 0 Å².